The van der Waals surface area contributed by atoms with Crippen molar-refractivity contribution in [2.75, 3.05) is 0 Å². The summed E-state index contributed by atoms with van der Waals surface area (Å²) in [7, 11) is 0. The Morgan fingerprint density at radius 1 is 1.44 bits per heavy atom. The molecule has 1 aliphatic carbocycles. The average molecular weight is 262 g/mol. The van der Waals surface area contributed by atoms with E-state index >= 15 is 0 Å². The molecule has 0 atom stereocenters. The van der Waals surface area contributed by atoms with Crippen LogP contribution in [0.25, 0.3) is 0 Å². The van der Waals surface area contributed by atoms with Crippen LogP contribution in [0.2, 0.25) is 5.02 Å². The SMILES string of the molecule is O=[N+]([O-])c1cccc(Cl)c1OC1CC(Cl)C1. The van der Waals surface area contributed by atoms with E-state index in [-0.39, 0.29) is 27.9 Å². The molecule has 16 heavy (non-hydrogen) atoms. The maximum atomic E-state index is 10.8. The van der Waals surface area contributed by atoms with E-state index in [1.165, 1.54) is 12.1 Å². The van der Waals surface area contributed by atoms with Crippen LogP contribution >= 0.6 is 23.2 Å². The molecule has 0 bridgehead atoms. The van der Waals surface area contributed by atoms with Crippen LogP contribution in [-0.2, 0) is 0 Å². The van der Waals surface area contributed by atoms with Crippen molar-refractivity contribution in [3.05, 3.63) is 33.3 Å². The second-order valence-electron chi connectivity index (χ2n) is 3.65. The third kappa shape index (κ3) is 2.23. The van der Waals surface area contributed by atoms with Crippen molar-refractivity contribution < 1.29 is 9.66 Å². The van der Waals surface area contributed by atoms with Crippen LogP contribution < -0.4 is 4.74 Å². The number of para-hydroxylation sites is 1. The molecule has 4 nitrogen and oxygen atoms in total. The van der Waals surface area contributed by atoms with E-state index in [0.717, 1.165) is 0 Å². The third-order valence-electron chi connectivity index (χ3n) is 2.46. The normalized spacial score (nSPS) is 23.6. The zero-order chi connectivity index (χ0) is 11.7. The van der Waals surface area contributed by atoms with Gasteiger partial charge in [-0.15, -0.1) is 11.6 Å². The van der Waals surface area contributed by atoms with Crippen molar-refractivity contribution in [2.45, 2.75) is 24.3 Å². The Balaban J connectivity index is 2.21. The van der Waals surface area contributed by atoms with Crippen LogP contribution in [0.4, 0.5) is 5.69 Å². The number of nitro benzene ring substituents is 1. The van der Waals surface area contributed by atoms with Gasteiger partial charge in [-0.3, -0.25) is 10.1 Å². The minimum Gasteiger partial charge on any atom is -0.482 e. The van der Waals surface area contributed by atoms with Crippen LogP contribution in [-0.4, -0.2) is 16.4 Å². The molecule has 1 aromatic rings. The summed E-state index contributed by atoms with van der Waals surface area (Å²) in [6, 6.07) is 4.47. The predicted octanol–water partition coefficient (Wildman–Crippen LogP) is 3.40. The number of nitro groups is 1. The highest BCUT2D eigenvalue weighted by Crippen LogP contribution is 2.38. The molecule has 0 saturated heterocycles. The molecule has 0 N–H and O–H groups in total. The number of hydrogen-bond donors (Lipinski definition) is 0. The summed E-state index contributed by atoms with van der Waals surface area (Å²) < 4.78 is 5.49. The summed E-state index contributed by atoms with van der Waals surface area (Å²) >= 11 is 11.7. The maximum absolute atomic E-state index is 10.8. The summed E-state index contributed by atoms with van der Waals surface area (Å²) in [6.45, 7) is 0. The molecule has 0 spiro atoms. The Morgan fingerprint density at radius 2 is 2.12 bits per heavy atom. The molecule has 86 valence electrons. The monoisotopic (exact) mass is 261 g/mol. The fourth-order valence-corrected chi connectivity index (χ4v) is 2.13. The summed E-state index contributed by atoms with van der Waals surface area (Å²) in [5, 5.41) is 11.1. The van der Waals surface area contributed by atoms with E-state index < -0.39 is 4.92 Å². The number of rotatable bonds is 3. The Morgan fingerprint density at radius 3 is 2.69 bits per heavy atom. The number of hydrogen-bond acceptors (Lipinski definition) is 3. The lowest BCUT2D eigenvalue weighted by atomic mass is 9.95. The van der Waals surface area contributed by atoms with E-state index in [9.17, 15) is 10.1 Å². The summed E-state index contributed by atoms with van der Waals surface area (Å²) in [6.07, 6.45) is 1.33. The minimum absolute atomic E-state index is 0.0684. The predicted molar refractivity (Wildman–Crippen MR) is 61.4 cm³/mol. The molecule has 1 fully saturated rings. The third-order valence-corrected chi connectivity index (χ3v) is 3.12. The Labute approximate surface area is 102 Å². The lowest BCUT2D eigenvalue weighted by Gasteiger charge is -2.31. The van der Waals surface area contributed by atoms with Crippen molar-refractivity contribution in [1.82, 2.24) is 0 Å². The lowest BCUT2D eigenvalue weighted by molar-refractivity contribution is -0.386. The Kier molecular flexibility index (Phi) is 3.21. The van der Waals surface area contributed by atoms with Crippen molar-refractivity contribution in [2.24, 2.45) is 0 Å². The molecule has 0 unspecified atom stereocenters. The standard InChI is InChI=1S/C10H9Cl2NO3/c11-6-4-7(5-6)16-10-8(12)2-1-3-9(10)13(14)15/h1-3,6-7H,4-5H2. The molecule has 0 amide bonds. The van der Waals surface area contributed by atoms with E-state index in [4.69, 9.17) is 27.9 Å². The molecule has 1 saturated carbocycles. The van der Waals surface area contributed by atoms with Gasteiger partial charge in [-0.1, -0.05) is 17.7 Å². The first-order valence-corrected chi connectivity index (χ1v) is 5.63. The van der Waals surface area contributed by atoms with E-state index in [0.29, 0.717) is 12.8 Å². The highest BCUT2D eigenvalue weighted by Gasteiger charge is 2.31. The topological polar surface area (TPSA) is 52.4 Å². The van der Waals surface area contributed by atoms with Gasteiger partial charge in [0, 0.05) is 24.3 Å². The number of halogens is 2. The van der Waals surface area contributed by atoms with E-state index in [1.807, 2.05) is 0 Å². The largest absolute Gasteiger partial charge is 0.482 e. The van der Waals surface area contributed by atoms with Gasteiger partial charge < -0.3 is 4.74 Å². The van der Waals surface area contributed by atoms with Crippen molar-refractivity contribution in [1.29, 1.82) is 0 Å². The van der Waals surface area contributed by atoms with Crippen LogP contribution in [0, 0.1) is 10.1 Å². The number of nitrogens with zero attached hydrogens (tertiary/aromatic N) is 1. The van der Waals surface area contributed by atoms with Crippen LogP contribution in [0.3, 0.4) is 0 Å². The molecular weight excluding hydrogens is 253 g/mol. The van der Waals surface area contributed by atoms with E-state index in [2.05, 4.69) is 0 Å². The molecule has 0 aliphatic heterocycles. The summed E-state index contributed by atoms with van der Waals surface area (Å²) in [4.78, 5) is 10.3. The first kappa shape index (κ1) is 11.5. The van der Waals surface area contributed by atoms with Gasteiger partial charge in [-0.05, 0) is 6.07 Å². The number of ether oxygens (including phenoxy) is 1. The molecule has 0 radical (unpaired) electrons. The van der Waals surface area contributed by atoms with Gasteiger partial charge in [0.05, 0.1) is 9.95 Å². The fraction of sp³-hybridized carbons (Fsp3) is 0.400. The second kappa shape index (κ2) is 4.47. The van der Waals surface area contributed by atoms with Crippen molar-refractivity contribution in [3.63, 3.8) is 0 Å². The highest BCUT2D eigenvalue weighted by molar-refractivity contribution is 6.32. The lowest BCUT2D eigenvalue weighted by Crippen LogP contribution is -2.34. The maximum Gasteiger partial charge on any atom is 0.312 e. The number of alkyl halides is 1. The van der Waals surface area contributed by atoms with E-state index in [1.54, 1.807) is 6.07 Å². The van der Waals surface area contributed by atoms with Gasteiger partial charge in [-0.2, -0.15) is 0 Å². The quantitative estimate of drug-likeness (QED) is 0.476. The van der Waals surface area contributed by atoms with Crippen LogP contribution in [0.5, 0.6) is 5.75 Å². The molecule has 2 rings (SSSR count). The average Bonchev–Trinajstić information content (AvgIpc) is 2.18. The van der Waals surface area contributed by atoms with Gasteiger partial charge >= 0.3 is 5.69 Å². The Hall–Kier alpha value is -1.000. The molecule has 0 heterocycles. The zero-order valence-corrected chi connectivity index (χ0v) is 9.74. The number of benzene rings is 1. The summed E-state index contributed by atoms with van der Waals surface area (Å²) in [5.41, 5.74) is -0.106. The molecule has 6 heteroatoms. The highest BCUT2D eigenvalue weighted by atomic mass is 35.5. The minimum atomic E-state index is -0.502. The van der Waals surface area contributed by atoms with Crippen LogP contribution in [0.1, 0.15) is 12.8 Å². The van der Waals surface area contributed by atoms with Gasteiger partial charge in [0.15, 0.2) is 0 Å². The molecule has 1 aliphatic rings. The van der Waals surface area contributed by atoms with Crippen LogP contribution in [0.15, 0.2) is 18.2 Å². The smallest absolute Gasteiger partial charge is 0.312 e. The molecule has 0 aromatic heterocycles. The zero-order valence-electron chi connectivity index (χ0n) is 8.23. The molecular formula is C10H9Cl2NO3. The second-order valence-corrected chi connectivity index (χ2v) is 4.68. The first-order chi connectivity index (χ1) is 7.58. The van der Waals surface area contributed by atoms with Crippen molar-refractivity contribution in [3.8, 4) is 5.75 Å². The van der Waals surface area contributed by atoms with Gasteiger partial charge in [0.25, 0.3) is 0 Å². The summed E-state index contributed by atoms with van der Waals surface area (Å²) in [5.74, 6) is 0.141. The van der Waals surface area contributed by atoms with Crippen molar-refractivity contribution >= 4 is 28.9 Å². The molecule has 1 aromatic carbocycles. The van der Waals surface area contributed by atoms with Gasteiger partial charge in [0.1, 0.15) is 6.10 Å². The fourth-order valence-electron chi connectivity index (χ4n) is 1.52. The first-order valence-electron chi connectivity index (χ1n) is 4.81. The Bertz CT molecular complexity index is 419. The van der Waals surface area contributed by atoms with Gasteiger partial charge in [-0.25, -0.2) is 0 Å². The van der Waals surface area contributed by atoms with Gasteiger partial charge in [0.2, 0.25) is 5.75 Å².